The minimum Gasteiger partial charge on any atom is -0.311 e. The Bertz CT molecular complexity index is 310. The Morgan fingerprint density at radius 3 is 2.14 bits per heavy atom. The molecule has 2 atom stereocenters. The van der Waals surface area contributed by atoms with Crippen LogP contribution in [-0.2, 0) is 0 Å². The predicted molar refractivity (Wildman–Crippen MR) is 92.7 cm³/mol. The van der Waals surface area contributed by atoms with Gasteiger partial charge in [-0.2, -0.15) is 0 Å². The molecule has 0 aliphatic heterocycles. The molecule has 0 spiro atoms. The average Bonchev–Trinajstić information content (AvgIpc) is 3.10. The maximum absolute atomic E-state index is 3.82. The molecule has 2 nitrogen and oxygen atoms in total. The summed E-state index contributed by atoms with van der Waals surface area (Å²) in [5.74, 6) is 1.96. The maximum Gasteiger partial charge on any atom is 0.00967 e. The van der Waals surface area contributed by atoms with Gasteiger partial charge < -0.3 is 10.2 Å². The van der Waals surface area contributed by atoms with E-state index in [9.17, 15) is 0 Å². The lowest BCUT2D eigenvalue weighted by atomic mass is 9.79. The molecule has 2 saturated carbocycles. The van der Waals surface area contributed by atoms with Crippen molar-refractivity contribution in [2.24, 2.45) is 17.3 Å². The van der Waals surface area contributed by atoms with Gasteiger partial charge in [0, 0.05) is 25.2 Å². The first-order valence-corrected chi connectivity index (χ1v) is 9.23. The van der Waals surface area contributed by atoms with Crippen LogP contribution in [0.25, 0.3) is 0 Å². The Balaban J connectivity index is 1.92. The first-order chi connectivity index (χ1) is 9.80. The number of hydrogen-bond donors (Lipinski definition) is 1. The zero-order valence-electron chi connectivity index (χ0n) is 15.2. The zero-order valence-corrected chi connectivity index (χ0v) is 15.2. The fourth-order valence-electron chi connectivity index (χ4n) is 4.01. The Labute approximate surface area is 133 Å². The molecule has 2 rings (SSSR count). The molecule has 2 heteroatoms. The molecule has 21 heavy (non-hydrogen) atoms. The quantitative estimate of drug-likeness (QED) is 0.735. The van der Waals surface area contributed by atoms with Crippen LogP contribution >= 0.6 is 0 Å². The summed E-state index contributed by atoms with van der Waals surface area (Å²) in [5.41, 5.74) is 0.750. The monoisotopic (exact) mass is 294 g/mol. The third-order valence-corrected chi connectivity index (χ3v) is 5.59. The molecule has 0 aromatic carbocycles. The van der Waals surface area contributed by atoms with E-state index in [2.05, 4.69) is 45.0 Å². The first-order valence-electron chi connectivity index (χ1n) is 9.23. The maximum atomic E-state index is 3.82. The number of nitrogens with zero attached hydrogens (tertiary/aromatic N) is 1. The van der Waals surface area contributed by atoms with E-state index in [0.29, 0.717) is 5.41 Å². The van der Waals surface area contributed by atoms with Gasteiger partial charge in [0.1, 0.15) is 0 Å². The molecule has 2 aliphatic rings. The summed E-state index contributed by atoms with van der Waals surface area (Å²) in [4.78, 5) is 2.64. The van der Waals surface area contributed by atoms with E-state index in [-0.39, 0.29) is 5.54 Å². The smallest absolute Gasteiger partial charge is 0.00967 e. The topological polar surface area (TPSA) is 15.3 Å². The molecule has 0 bridgehead atoms. The summed E-state index contributed by atoms with van der Waals surface area (Å²) < 4.78 is 0. The van der Waals surface area contributed by atoms with E-state index >= 15 is 0 Å². The molecular weight excluding hydrogens is 256 g/mol. The highest BCUT2D eigenvalue weighted by Crippen LogP contribution is 2.40. The summed E-state index contributed by atoms with van der Waals surface area (Å²) in [7, 11) is 2.36. The fourth-order valence-corrected chi connectivity index (χ4v) is 4.01. The van der Waals surface area contributed by atoms with Crippen molar-refractivity contribution >= 4 is 0 Å². The minimum atomic E-state index is 0.239. The molecule has 2 aliphatic carbocycles. The van der Waals surface area contributed by atoms with Gasteiger partial charge in [0.05, 0.1) is 0 Å². The summed E-state index contributed by atoms with van der Waals surface area (Å²) in [6.45, 7) is 13.1. The van der Waals surface area contributed by atoms with Gasteiger partial charge in [0.25, 0.3) is 0 Å². The standard InChI is InChI=1S/C19H38N2/c1-16-12-17(16)13-21(5)15-19(14-20-18(2,3)4)10-8-6-7-9-11-19/h16-17,20H,6-15H2,1-5H3. The Morgan fingerprint density at radius 1 is 1.10 bits per heavy atom. The lowest BCUT2D eigenvalue weighted by Gasteiger charge is -2.39. The van der Waals surface area contributed by atoms with Crippen molar-refractivity contribution in [1.29, 1.82) is 0 Å². The second-order valence-corrected chi connectivity index (χ2v) is 9.19. The molecule has 2 unspecified atom stereocenters. The second kappa shape index (κ2) is 7.00. The lowest BCUT2D eigenvalue weighted by molar-refractivity contribution is 0.132. The molecule has 0 radical (unpaired) electrons. The van der Waals surface area contributed by atoms with E-state index < -0.39 is 0 Å². The molecule has 0 amide bonds. The zero-order chi connectivity index (χ0) is 15.5. The minimum absolute atomic E-state index is 0.239. The predicted octanol–water partition coefficient (Wildman–Crippen LogP) is 4.30. The van der Waals surface area contributed by atoms with Crippen molar-refractivity contribution in [3.63, 3.8) is 0 Å². The van der Waals surface area contributed by atoms with Crippen LogP contribution in [-0.4, -0.2) is 37.1 Å². The van der Waals surface area contributed by atoms with Gasteiger partial charge in [0.15, 0.2) is 0 Å². The van der Waals surface area contributed by atoms with Crippen LogP contribution in [0.5, 0.6) is 0 Å². The van der Waals surface area contributed by atoms with E-state index in [0.717, 1.165) is 11.8 Å². The number of rotatable bonds is 6. The molecule has 124 valence electrons. The van der Waals surface area contributed by atoms with Crippen molar-refractivity contribution in [3.05, 3.63) is 0 Å². The van der Waals surface area contributed by atoms with Gasteiger partial charge >= 0.3 is 0 Å². The Kier molecular flexibility index (Phi) is 5.76. The molecule has 1 N–H and O–H groups in total. The SMILES string of the molecule is CC1CC1CN(C)CC1(CNC(C)(C)C)CCCCCC1. The van der Waals surface area contributed by atoms with Gasteiger partial charge in [-0.15, -0.1) is 0 Å². The van der Waals surface area contributed by atoms with E-state index in [1.165, 1.54) is 64.6 Å². The normalized spacial score (nSPS) is 29.4. The first kappa shape index (κ1) is 17.3. The van der Waals surface area contributed by atoms with Crippen LogP contribution in [0.4, 0.5) is 0 Å². The summed E-state index contributed by atoms with van der Waals surface area (Å²) in [5, 5.41) is 3.82. The molecule has 0 saturated heterocycles. The van der Waals surface area contributed by atoms with Crippen molar-refractivity contribution in [3.8, 4) is 0 Å². The molecule has 0 aromatic rings. The molecule has 0 aromatic heterocycles. The Hall–Kier alpha value is -0.0800. The third kappa shape index (κ3) is 5.90. The van der Waals surface area contributed by atoms with Crippen LogP contribution in [0.3, 0.4) is 0 Å². The largest absolute Gasteiger partial charge is 0.311 e. The summed E-state index contributed by atoms with van der Waals surface area (Å²) in [6.07, 6.45) is 10.0. The lowest BCUT2D eigenvalue weighted by Crippen LogP contribution is -2.48. The van der Waals surface area contributed by atoms with Crippen molar-refractivity contribution in [2.75, 3.05) is 26.7 Å². The Morgan fingerprint density at radius 2 is 1.67 bits per heavy atom. The molecule has 0 heterocycles. The van der Waals surface area contributed by atoms with Crippen molar-refractivity contribution in [1.82, 2.24) is 10.2 Å². The van der Waals surface area contributed by atoms with Crippen molar-refractivity contribution < 1.29 is 0 Å². The number of nitrogens with one attached hydrogen (secondary N) is 1. The third-order valence-electron chi connectivity index (χ3n) is 5.59. The van der Waals surface area contributed by atoms with E-state index in [1.807, 2.05) is 0 Å². The highest BCUT2D eigenvalue weighted by Gasteiger charge is 2.37. The van der Waals surface area contributed by atoms with Crippen LogP contribution in [0, 0.1) is 17.3 Å². The van der Waals surface area contributed by atoms with Gasteiger partial charge in [-0.1, -0.05) is 32.6 Å². The van der Waals surface area contributed by atoms with Crippen molar-refractivity contribution in [2.45, 2.75) is 78.2 Å². The fraction of sp³-hybridized carbons (Fsp3) is 1.00. The highest BCUT2D eigenvalue weighted by atomic mass is 15.1. The van der Waals surface area contributed by atoms with Crippen LogP contribution < -0.4 is 5.32 Å². The molecule has 2 fully saturated rings. The highest BCUT2D eigenvalue weighted by molar-refractivity contribution is 4.91. The second-order valence-electron chi connectivity index (χ2n) is 9.19. The van der Waals surface area contributed by atoms with Gasteiger partial charge in [-0.3, -0.25) is 0 Å². The molecular formula is C19H38N2. The van der Waals surface area contributed by atoms with Gasteiger partial charge in [-0.25, -0.2) is 0 Å². The van der Waals surface area contributed by atoms with Crippen LogP contribution in [0.1, 0.15) is 72.6 Å². The summed E-state index contributed by atoms with van der Waals surface area (Å²) in [6, 6.07) is 0. The van der Waals surface area contributed by atoms with Crippen LogP contribution in [0.15, 0.2) is 0 Å². The number of hydrogen-bond acceptors (Lipinski definition) is 2. The van der Waals surface area contributed by atoms with E-state index in [1.54, 1.807) is 0 Å². The average molecular weight is 295 g/mol. The summed E-state index contributed by atoms with van der Waals surface area (Å²) >= 11 is 0. The van der Waals surface area contributed by atoms with Gasteiger partial charge in [-0.05, 0) is 64.3 Å². The van der Waals surface area contributed by atoms with Crippen LogP contribution in [0.2, 0.25) is 0 Å². The van der Waals surface area contributed by atoms with Gasteiger partial charge in [0.2, 0.25) is 0 Å². The van der Waals surface area contributed by atoms with E-state index in [4.69, 9.17) is 0 Å².